The van der Waals surface area contributed by atoms with Crippen molar-refractivity contribution in [3.8, 4) is 0 Å². The van der Waals surface area contributed by atoms with Crippen molar-refractivity contribution in [1.82, 2.24) is 0 Å². The highest BCUT2D eigenvalue weighted by molar-refractivity contribution is 6.30. The number of rotatable bonds is 3. The lowest BCUT2D eigenvalue weighted by molar-refractivity contribution is -0.00873. The normalized spacial score (nSPS) is 27.3. The quantitative estimate of drug-likeness (QED) is 0.930. The maximum absolute atomic E-state index is 6.26. The van der Waals surface area contributed by atoms with E-state index >= 15 is 0 Å². The number of anilines is 1. The second-order valence-corrected chi connectivity index (χ2v) is 6.85. The van der Waals surface area contributed by atoms with Crippen molar-refractivity contribution in [1.29, 1.82) is 0 Å². The smallest absolute Gasteiger partial charge is 0.0779 e. The molecule has 1 saturated heterocycles. The maximum atomic E-state index is 6.26. The van der Waals surface area contributed by atoms with Crippen LogP contribution in [0.2, 0.25) is 5.02 Å². The highest BCUT2D eigenvalue weighted by Crippen LogP contribution is 2.35. The average molecular weight is 309 g/mol. The van der Waals surface area contributed by atoms with Crippen molar-refractivity contribution in [3.63, 3.8) is 0 Å². The molecule has 1 aliphatic heterocycles. The van der Waals surface area contributed by atoms with Gasteiger partial charge >= 0.3 is 0 Å². The summed E-state index contributed by atoms with van der Waals surface area (Å²) in [6.45, 7) is 3.82. The molecule has 0 radical (unpaired) electrons. The minimum atomic E-state index is 0.160. The van der Waals surface area contributed by atoms with Crippen molar-refractivity contribution in [2.75, 3.05) is 18.1 Å². The molecule has 3 nitrogen and oxygen atoms in total. The van der Waals surface area contributed by atoms with Crippen molar-refractivity contribution in [3.05, 3.63) is 28.8 Å². The molecule has 2 aliphatic rings. The van der Waals surface area contributed by atoms with Crippen molar-refractivity contribution < 1.29 is 4.74 Å². The van der Waals surface area contributed by atoms with Gasteiger partial charge in [-0.15, -0.1) is 0 Å². The number of nitrogens with zero attached hydrogens (tertiary/aromatic N) is 1. The molecule has 3 rings (SSSR count). The number of morpholine rings is 1. The molecule has 1 saturated carbocycles. The fourth-order valence-electron chi connectivity index (χ4n) is 3.72. The SMILES string of the molecule is CC(N)Cc1ccc(Cl)cc1N1CCOC2CCCCC21. The number of benzene rings is 1. The van der Waals surface area contributed by atoms with Gasteiger partial charge in [-0.3, -0.25) is 0 Å². The summed E-state index contributed by atoms with van der Waals surface area (Å²) < 4.78 is 5.99. The van der Waals surface area contributed by atoms with Crippen LogP contribution in [-0.2, 0) is 11.2 Å². The van der Waals surface area contributed by atoms with Crippen LogP contribution in [0, 0.1) is 0 Å². The highest BCUT2D eigenvalue weighted by atomic mass is 35.5. The minimum Gasteiger partial charge on any atom is -0.374 e. The summed E-state index contributed by atoms with van der Waals surface area (Å²) in [5.41, 5.74) is 8.59. The van der Waals surface area contributed by atoms with Crippen LogP contribution in [0.4, 0.5) is 5.69 Å². The van der Waals surface area contributed by atoms with E-state index in [1.54, 1.807) is 0 Å². The van der Waals surface area contributed by atoms with Gasteiger partial charge in [0.15, 0.2) is 0 Å². The largest absolute Gasteiger partial charge is 0.374 e. The topological polar surface area (TPSA) is 38.5 Å². The fraction of sp³-hybridized carbons (Fsp3) is 0.647. The average Bonchev–Trinajstić information content (AvgIpc) is 2.48. The predicted molar refractivity (Wildman–Crippen MR) is 88.1 cm³/mol. The Kier molecular flexibility index (Phi) is 4.72. The van der Waals surface area contributed by atoms with Crippen LogP contribution in [0.1, 0.15) is 38.2 Å². The second-order valence-electron chi connectivity index (χ2n) is 6.41. The lowest BCUT2D eigenvalue weighted by atomic mass is 9.89. The third-order valence-electron chi connectivity index (χ3n) is 4.63. The third kappa shape index (κ3) is 3.36. The van der Waals surface area contributed by atoms with E-state index in [4.69, 9.17) is 22.1 Å². The number of halogens is 1. The first-order chi connectivity index (χ1) is 10.1. The van der Waals surface area contributed by atoms with Gasteiger partial charge in [0.1, 0.15) is 0 Å². The molecule has 1 aromatic rings. The van der Waals surface area contributed by atoms with Crippen LogP contribution in [0.3, 0.4) is 0 Å². The number of fused-ring (bicyclic) bond motifs is 1. The molecule has 0 aromatic heterocycles. The van der Waals surface area contributed by atoms with Crippen LogP contribution in [-0.4, -0.2) is 31.3 Å². The van der Waals surface area contributed by atoms with Crippen LogP contribution in [0.25, 0.3) is 0 Å². The summed E-state index contributed by atoms with van der Waals surface area (Å²) in [4.78, 5) is 2.52. The van der Waals surface area contributed by atoms with E-state index in [1.807, 2.05) is 6.07 Å². The molecule has 1 heterocycles. The Bertz CT molecular complexity index is 490. The van der Waals surface area contributed by atoms with E-state index in [0.717, 1.165) is 24.6 Å². The molecule has 2 N–H and O–H groups in total. The van der Waals surface area contributed by atoms with Gasteiger partial charge in [0.25, 0.3) is 0 Å². The molecule has 0 spiro atoms. The lowest BCUT2D eigenvalue weighted by Crippen LogP contribution is -2.53. The van der Waals surface area contributed by atoms with Gasteiger partial charge in [-0.2, -0.15) is 0 Å². The Morgan fingerprint density at radius 3 is 3.00 bits per heavy atom. The Morgan fingerprint density at radius 2 is 2.19 bits per heavy atom. The number of hydrogen-bond acceptors (Lipinski definition) is 3. The van der Waals surface area contributed by atoms with E-state index in [1.165, 1.54) is 36.9 Å². The molecule has 116 valence electrons. The molecule has 1 aliphatic carbocycles. The van der Waals surface area contributed by atoms with Gasteiger partial charge in [-0.25, -0.2) is 0 Å². The summed E-state index contributed by atoms with van der Waals surface area (Å²) in [5.74, 6) is 0. The van der Waals surface area contributed by atoms with Gasteiger partial charge in [-0.1, -0.05) is 30.5 Å². The van der Waals surface area contributed by atoms with E-state index < -0.39 is 0 Å². The van der Waals surface area contributed by atoms with Crippen LogP contribution in [0.15, 0.2) is 18.2 Å². The maximum Gasteiger partial charge on any atom is 0.0779 e. The zero-order valence-electron chi connectivity index (χ0n) is 12.7. The molecule has 3 atom stereocenters. The first-order valence-electron chi connectivity index (χ1n) is 8.07. The summed E-state index contributed by atoms with van der Waals surface area (Å²) in [5, 5.41) is 0.803. The summed E-state index contributed by atoms with van der Waals surface area (Å²) in [6, 6.07) is 6.87. The van der Waals surface area contributed by atoms with Crippen molar-refractivity contribution >= 4 is 17.3 Å². The summed E-state index contributed by atoms with van der Waals surface area (Å²) in [7, 11) is 0. The lowest BCUT2D eigenvalue weighted by Gasteiger charge is -2.45. The second kappa shape index (κ2) is 6.55. The Morgan fingerprint density at radius 1 is 1.38 bits per heavy atom. The summed E-state index contributed by atoms with van der Waals surface area (Å²) in [6.07, 6.45) is 6.26. The van der Waals surface area contributed by atoms with Gasteiger partial charge in [-0.05, 0) is 43.9 Å². The predicted octanol–water partition coefficient (Wildman–Crippen LogP) is 3.38. The van der Waals surface area contributed by atoms with E-state index in [2.05, 4.69) is 24.0 Å². The molecule has 4 heteroatoms. The minimum absolute atomic E-state index is 0.160. The fourth-order valence-corrected chi connectivity index (χ4v) is 3.89. The third-order valence-corrected chi connectivity index (χ3v) is 4.87. The Hall–Kier alpha value is -0.770. The number of nitrogens with two attached hydrogens (primary N) is 1. The first kappa shape index (κ1) is 15.1. The molecule has 2 fully saturated rings. The van der Waals surface area contributed by atoms with Gasteiger partial charge < -0.3 is 15.4 Å². The zero-order valence-corrected chi connectivity index (χ0v) is 13.5. The van der Waals surface area contributed by atoms with Crippen molar-refractivity contribution in [2.24, 2.45) is 5.73 Å². The standard InChI is InChI=1S/C17H25ClN2O/c1-12(19)10-13-6-7-14(18)11-16(13)20-8-9-21-17-5-3-2-4-15(17)20/h6-7,11-12,15,17H,2-5,8-10,19H2,1H3. The first-order valence-corrected chi connectivity index (χ1v) is 8.45. The number of ether oxygens (including phenoxy) is 1. The monoisotopic (exact) mass is 308 g/mol. The molecular formula is C17H25ClN2O. The number of hydrogen-bond donors (Lipinski definition) is 1. The van der Waals surface area contributed by atoms with Gasteiger partial charge in [0.05, 0.1) is 18.8 Å². The van der Waals surface area contributed by atoms with Crippen LogP contribution < -0.4 is 10.6 Å². The van der Waals surface area contributed by atoms with Gasteiger partial charge in [0.2, 0.25) is 0 Å². The zero-order chi connectivity index (χ0) is 14.8. The molecule has 21 heavy (non-hydrogen) atoms. The van der Waals surface area contributed by atoms with E-state index in [9.17, 15) is 0 Å². The molecule has 0 bridgehead atoms. The van der Waals surface area contributed by atoms with Crippen molar-refractivity contribution in [2.45, 2.75) is 57.2 Å². The molecule has 1 aromatic carbocycles. The highest BCUT2D eigenvalue weighted by Gasteiger charge is 2.35. The molecular weight excluding hydrogens is 284 g/mol. The Balaban J connectivity index is 1.91. The molecule has 0 amide bonds. The van der Waals surface area contributed by atoms with Crippen LogP contribution >= 0.6 is 11.6 Å². The Labute approximate surface area is 132 Å². The molecule has 3 unspecified atom stereocenters. The van der Waals surface area contributed by atoms with Crippen LogP contribution in [0.5, 0.6) is 0 Å². The van der Waals surface area contributed by atoms with E-state index in [0.29, 0.717) is 12.1 Å². The summed E-state index contributed by atoms with van der Waals surface area (Å²) >= 11 is 6.26. The van der Waals surface area contributed by atoms with Gasteiger partial charge in [0, 0.05) is 23.3 Å². The van der Waals surface area contributed by atoms with E-state index in [-0.39, 0.29) is 6.04 Å².